The van der Waals surface area contributed by atoms with E-state index in [1.165, 1.54) is 22.7 Å². The molecule has 0 aliphatic carbocycles. The van der Waals surface area contributed by atoms with E-state index in [9.17, 15) is 4.79 Å². The van der Waals surface area contributed by atoms with E-state index in [1.807, 2.05) is 19.1 Å². The molecule has 0 fully saturated rings. The highest BCUT2D eigenvalue weighted by Gasteiger charge is 2.15. The Kier molecular flexibility index (Phi) is 4.32. The first-order chi connectivity index (χ1) is 11.5. The second-order valence-electron chi connectivity index (χ2n) is 4.76. The minimum absolute atomic E-state index is 0.105. The first kappa shape index (κ1) is 16.1. The maximum absolute atomic E-state index is 12.3. The van der Waals surface area contributed by atoms with E-state index in [2.05, 4.69) is 20.3 Å². The number of nitrogens with two attached hydrogens (primary N) is 2. The van der Waals surface area contributed by atoms with Crippen LogP contribution in [-0.4, -0.2) is 28.9 Å². The number of benzene rings is 1. The third kappa shape index (κ3) is 3.14. The van der Waals surface area contributed by atoms with Crippen LogP contribution in [0, 0.1) is 6.92 Å². The molecule has 10 heteroatoms. The van der Waals surface area contributed by atoms with Crippen molar-refractivity contribution in [2.45, 2.75) is 6.92 Å². The lowest BCUT2D eigenvalue weighted by molar-refractivity contribution is 0.102. The number of hydrogen-bond acceptors (Lipinski definition) is 7. The van der Waals surface area contributed by atoms with Crippen molar-refractivity contribution in [1.82, 2.24) is 9.97 Å². The van der Waals surface area contributed by atoms with Gasteiger partial charge in [-0.15, -0.1) is 11.3 Å². The summed E-state index contributed by atoms with van der Waals surface area (Å²) in [5.41, 5.74) is 12.5. The number of aromatic nitrogens is 2. The number of carbonyl (C=O) groups excluding carboxylic acids is 1. The predicted octanol–water partition coefficient (Wildman–Crippen LogP) is 2.23. The smallest absolute Gasteiger partial charge is 0.276 e. The molecule has 0 atom stereocenters. The highest BCUT2D eigenvalue weighted by atomic mass is 32.1. The molecule has 0 aliphatic heterocycles. The number of methoxy groups -OCH3 is 1. The lowest BCUT2D eigenvalue weighted by atomic mass is 10.2. The number of nitrogens with zero attached hydrogens (tertiary/aromatic N) is 3. The maximum Gasteiger partial charge on any atom is 0.276 e. The Morgan fingerprint density at radius 2 is 2.12 bits per heavy atom. The topological polar surface area (TPSA) is 129 Å². The lowest BCUT2D eigenvalue weighted by Crippen LogP contribution is -2.21. The number of rotatable bonds is 4. The number of fused-ring (bicyclic) bond motifs is 1. The Balaban J connectivity index is 1.84. The van der Waals surface area contributed by atoms with Gasteiger partial charge in [0.25, 0.3) is 5.91 Å². The molecule has 8 nitrogen and oxygen atoms in total. The fourth-order valence-corrected chi connectivity index (χ4v) is 3.68. The van der Waals surface area contributed by atoms with Crippen LogP contribution in [0.15, 0.2) is 22.5 Å². The van der Waals surface area contributed by atoms with Gasteiger partial charge in [0, 0.05) is 10.9 Å². The molecule has 0 saturated carbocycles. The number of anilines is 1. The summed E-state index contributed by atoms with van der Waals surface area (Å²) < 4.78 is 6.24. The molecular weight excluding hydrogens is 348 g/mol. The molecule has 0 aliphatic rings. The number of hydrogen-bond donors (Lipinski definition) is 3. The molecule has 124 valence electrons. The van der Waals surface area contributed by atoms with Gasteiger partial charge in [-0.3, -0.25) is 10.1 Å². The fourth-order valence-electron chi connectivity index (χ4n) is 2.07. The van der Waals surface area contributed by atoms with E-state index in [-0.39, 0.29) is 17.6 Å². The molecule has 1 amide bonds. The van der Waals surface area contributed by atoms with Crippen molar-refractivity contribution in [2.24, 2.45) is 16.5 Å². The number of nitrogens with one attached hydrogen (secondary N) is 1. The van der Waals surface area contributed by atoms with Gasteiger partial charge in [-0.2, -0.15) is 4.99 Å². The van der Waals surface area contributed by atoms with E-state index in [4.69, 9.17) is 16.2 Å². The average molecular weight is 362 g/mol. The van der Waals surface area contributed by atoms with Crippen LogP contribution in [0.25, 0.3) is 10.2 Å². The molecule has 0 radical (unpaired) electrons. The van der Waals surface area contributed by atoms with Crippen molar-refractivity contribution >= 4 is 55.0 Å². The number of guanidine groups is 1. The SMILES string of the molecule is COc1ccc2sc(NC(=O)c3csc(N=C(N)N)n3)nc2c1C. The molecule has 2 heterocycles. The van der Waals surface area contributed by atoms with Gasteiger partial charge in [0.05, 0.1) is 17.3 Å². The number of aliphatic imine (C=N–C) groups is 1. The van der Waals surface area contributed by atoms with Crippen molar-refractivity contribution in [3.8, 4) is 5.75 Å². The molecule has 0 spiro atoms. The molecule has 3 aromatic rings. The lowest BCUT2D eigenvalue weighted by Gasteiger charge is -2.03. The summed E-state index contributed by atoms with van der Waals surface area (Å²) in [4.78, 5) is 24.6. The van der Waals surface area contributed by atoms with Crippen LogP contribution in [0.5, 0.6) is 5.75 Å². The molecule has 0 unspecified atom stereocenters. The Hall–Kier alpha value is -2.72. The molecule has 5 N–H and O–H groups in total. The van der Waals surface area contributed by atoms with Crippen molar-refractivity contribution in [2.75, 3.05) is 12.4 Å². The summed E-state index contributed by atoms with van der Waals surface area (Å²) in [5, 5.41) is 5.13. The van der Waals surface area contributed by atoms with E-state index in [0.717, 1.165) is 21.5 Å². The van der Waals surface area contributed by atoms with Crippen LogP contribution in [0.3, 0.4) is 0 Å². The summed E-state index contributed by atoms with van der Waals surface area (Å²) >= 11 is 2.56. The summed E-state index contributed by atoms with van der Waals surface area (Å²) in [5.74, 6) is 0.283. The van der Waals surface area contributed by atoms with Crippen LogP contribution in [-0.2, 0) is 0 Å². The quantitative estimate of drug-likeness (QED) is 0.482. The molecule has 0 saturated heterocycles. The van der Waals surface area contributed by atoms with Crippen LogP contribution < -0.4 is 21.5 Å². The van der Waals surface area contributed by atoms with Crippen LogP contribution in [0.4, 0.5) is 10.3 Å². The monoisotopic (exact) mass is 362 g/mol. The summed E-state index contributed by atoms with van der Waals surface area (Å²) in [7, 11) is 1.61. The van der Waals surface area contributed by atoms with Crippen molar-refractivity contribution in [1.29, 1.82) is 0 Å². The molecule has 2 aromatic heterocycles. The van der Waals surface area contributed by atoms with Gasteiger partial charge < -0.3 is 16.2 Å². The predicted molar refractivity (Wildman–Crippen MR) is 96.4 cm³/mol. The van der Waals surface area contributed by atoms with E-state index in [0.29, 0.717) is 10.3 Å². The van der Waals surface area contributed by atoms with Crippen LogP contribution >= 0.6 is 22.7 Å². The van der Waals surface area contributed by atoms with Crippen LogP contribution in [0.1, 0.15) is 16.1 Å². The highest BCUT2D eigenvalue weighted by Crippen LogP contribution is 2.33. The van der Waals surface area contributed by atoms with E-state index < -0.39 is 0 Å². The standard InChI is InChI=1S/C14H14N6O2S2/c1-6-8(22-2)3-4-9-10(6)18-14(24-9)19-11(21)7-5-23-13(17-7)20-12(15)16/h3-5H,1-2H3,(H,18,19,21)(H4,15,16,17,20). The van der Waals surface area contributed by atoms with E-state index >= 15 is 0 Å². The number of amides is 1. The number of carbonyl (C=O) groups is 1. The van der Waals surface area contributed by atoms with Gasteiger partial charge in [0.2, 0.25) is 5.13 Å². The largest absolute Gasteiger partial charge is 0.496 e. The second kappa shape index (κ2) is 6.42. The summed E-state index contributed by atoms with van der Waals surface area (Å²) in [6, 6.07) is 3.79. The normalized spacial score (nSPS) is 10.6. The first-order valence-corrected chi connectivity index (χ1v) is 8.48. The zero-order chi connectivity index (χ0) is 17.3. The van der Waals surface area contributed by atoms with Crippen molar-refractivity contribution < 1.29 is 9.53 Å². The van der Waals surface area contributed by atoms with Gasteiger partial charge in [-0.25, -0.2) is 9.97 Å². The van der Waals surface area contributed by atoms with Gasteiger partial charge in [0.15, 0.2) is 11.1 Å². The third-order valence-electron chi connectivity index (χ3n) is 3.15. The van der Waals surface area contributed by atoms with E-state index in [1.54, 1.807) is 12.5 Å². The Morgan fingerprint density at radius 1 is 1.33 bits per heavy atom. The van der Waals surface area contributed by atoms with Crippen LogP contribution in [0.2, 0.25) is 0 Å². The second-order valence-corrected chi connectivity index (χ2v) is 6.63. The number of ether oxygens (including phenoxy) is 1. The number of thiazole rings is 2. The molecular formula is C14H14N6O2S2. The number of aryl methyl sites for hydroxylation is 1. The van der Waals surface area contributed by atoms with Gasteiger partial charge >= 0.3 is 0 Å². The van der Waals surface area contributed by atoms with Gasteiger partial charge in [0.1, 0.15) is 11.4 Å². The molecule has 3 rings (SSSR count). The highest BCUT2D eigenvalue weighted by molar-refractivity contribution is 7.22. The minimum Gasteiger partial charge on any atom is -0.496 e. The fraction of sp³-hybridized carbons (Fsp3) is 0.143. The van der Waals surface area contributed by atoms with Gasteiger partial charge in [-0.05, 0) is 19.1 Å². The summed E-state index contributed by atoms with van der Waals surface area (Å²) in [6.45, 7) is 1.93. The molecule has 24 heavy (non-hydrogen) atoms. The average Bonchev–Trinajstić information content (AvgIpc) is 3.14. The Morgan fingerprint density at radius 3 is 2.83 bits per heavy atom. The first-order valence-electron chi connectivity index (χ1n) is 6.78. The zero-order valence-electron chi connectivity index (χ0n) is 12.9. The summed E-state index contributed by atoms with van der Waals surface area (Å²) in [6.07, 6.45) is 0. The van der Waals surface area contributed by atoms with Crippen molar-refractivity contribution in [3.63, 3.8) is 0 Å². The molecule has 1 aromatic carbocycles. The third-order valence-corrected chi connectivity index (χ3v) is 4.82. The van der Waals surface area contributed by atoms with Crippen molar-refractivity contribution in [3.05, 3.63) is 28.8 Å². The zero-order valence-corrected chi connectivity index (χ0v) is 14.5. The molecule has 0 bridgehead atoms. The minimum atomic E-state index is -0.369. The Bertz CT molecular complexity index is 942. The van der Waals surface area contributed by atoms with Gasteiger partial charge in [-0.1, -0.05) is 11.3 Å². The Labute approximate surface area is 145 Å². The maximum atomic E-state index is 12.3.